The molecule has 0 bridgehead atoms. The van der Waals surface area contributed by atoms with Crippen molar-refractivity contribution in [3.63, 3.8) is 0 Å². The highest BCUT2D eigenvalue weighted by atomic mass is 16.1. The molecule has 0 radical (unpaired) electrons. The minimum Gasteiger partial charge on any atom is -0.355 e. The Morgan fingerprint density at radius 2 is 2.00 bits per heavy atom. The summed E-state index contributed by atoms with van der Waals surface area (Å²) >= 11 is 0. The lowest BCUT2D eigenvalue weighted by Gasteiger charge is -2.40. The van der Waals surface area contributed by atoms with Crippen molar-refractivity contribution in [1.29, 1.82) is 0 Å². The van der Waals surface area contributed by atoms with Crippen molar-refractivity contribution in [3.8, 4) is 0 Å². The van der Waals surface area contributed by atoms with Crippen LogP contribution in [0.4, 0.5) is 5.82 Å². The first kappa shape index (κ1) is 12.8. The topological polar surface area (TPSA) is 63.9 Å². The largest absolute Gasteiger partial charge is 0.355 e. The molecule has 3 heterocycles. The van der Waals surface area contributed by atoms with Gasteiger partial charge in [0.15, 0.2) is 0 Å². The molecule has 104 valence electrons. The summed E-state index contributed by atoms with van der Waals surface area (Å²) < 4.78 is 1.55. The lowest BCUT2D eigenvalue weighted by atomic mass is 10.0. The summed E-state index contributed by atoms with van der Waals surface area (Å²) in [6.07, 6.45) is 3.53. The van der Waals surface area contributed by atoms with Crippen molar-refractivity contribution < 1.29 is 0 Å². The lowest BCUT2D eigenvalue weighted by Crippen LogP contribution is -2.50. The highest BCUT2D eigenvalue weighted by molar-refractivity contribution is 5.39. The molecule has 0 atom stereocenters. The Morgan fingerprint density at radius 1 is 1.20 bits per heavy atom. The Labute approximate surface area is 117 Å². The van der Waals surface area contributed by atoms with Gasteiger partial charge in [0.2, 0.25) is 0 Å². The first-order valence-corrected chi connectivity index (χ1v) is 6.70. The standard InChI is InChI=1S/C14H17N5O/c1-10-3-4-14(20)19(17-10)9-12-7-18(8-12)13-6-15-5-11(2)16-13/h3-6,12H,7-9H2,1-2H3. The number of anilines is 1. The van der Waals surface area contributed by atoms with Crippen LogP contribution in [0.1, 0.15) is 11.4 Å². The summed E-state index contributed by atoms with van der Waals surface area (Å²) in [5.74, 6) is 1.34. The van der Waals surface area contributed by atoms with Gasteiger partial charge < -0.3 is 4.90 Å². The molecule has 0 aliphatic carbocycles. The van der Waals surface area contributed by atoms with E-state index in [2.05, 4.69) is 20.0 Å². The Balaban J connectivity index is 1.64. The van der Waals surface area contributed by atoms with E-state index in [1.165, 1.54) is 0 Å². The van der Waals surface area contributed by atoms with Gasteiger partial charge in [0.25, 0.3) is 5.56 Å². The fourth-order valence-electron chi connectivity index (χ4n) is 2.40. The minimum atomic E-state index is -0.0376. The average molecular weight is 271 g/mol. The molecule has 0 unspecified atom stereocenters. The van der Waals surface area contributed by atoms with E-state index in [4.69, 9.17) is 0 Å². The molecule has 20 heavy (non-hydrogen) atoms. The van der Waals surface area contributed by atoms with Gasteiger partial charge in [-0.2, -0.15) is 5.10 Å². The summed E-state index contributed by atoms with van der Waals surface area (Å²) in [6, 6.07) is 3.32. The van der Waals surface area contributed by atoms with Crippen LogP contribution in [0.3, 0.4) is 0 Å². The number of hydrogen-bond acceptors (Lipinski definition) is 5. The fourth-order valence-corrected chi connectivity index (χ4v) is 2.40. The van der Waals surface area contributed by atoms with Gasteiger partial charge >= 0.3 is 0 Å². The van der Waals surface area contributed by atoms with Gasteiger partial charge in [-0.15, -0.1) is 0 Å². The quantitative estimate of drug-likeness (QED) is 0.825. The number of aryl methyl sites for hydroxylation is 2. The zero-order valence-corrected chi connectivity index (χ0v) is 11.7. The van der Waals surface area contributed by atoms with Gasteiger partial charge in [0, 0.05) is 31.3 Å². The van der Waals surface area contributed by atoms with Crippen molar-refractivity contribution >= 4 is 5.82 Å². The smallest absolute Gasteiger partial charge is 0.266 e. The first-order valence-electron chi connectivity index (χ1n) is 6.70. The fraction of sp³-hybridized carbons (Fsp3) is 0.429. The van der Waals surface area contributed by atoms with E-state index in [1.807, 2.05) is 13.8 Å². The Kier molecular flexibility index (Phi) is 3.22. The van der Waals surface area contributed by atoms with Gasteiger partial charge in [-0.1, -0.05) is 0 Å². The summed E-state index contributed by atoms with van der Waals surface area (Å²) in [6.45, 7) is 6.27. The molecule has 0 spiro atoms. The highest BCUT2D eigenvalue weighted by Gasteiger charge is 2.28. The second-order valence-corrected chi connectivity index (χ2v) is 5.28. The number of rotatable bonds is 3. The van der Waals surface area contributed by atoms with Crippen molar-refractivity contribution in [2.45, 2.75) is 20.4 Å². The van der Waals surface area contributed by atoms with Crippen LogP contribution in [0.2, 0.25) is 0 Å². The van der Waals surface area contributed by atoms with E-state index in [0.29, 0.717) is 12.5 Å². The zero-order chi connectivity index (χ0) is 14.1. The zero-order valence-electron chi connectivity index (χ0n) is 11.7. The minimum absolute atomic E-state index is 0.0376. The van der Waals surface area contributed by atoms with Crippen LogP contribution in [0.25, 0.3) is 0 Å². The van der Waals surface area contributed by atoms with Crippen LogP contribution in [-0.2, 0) is 6.54 Å². The molecule has 0 amide bonds. The summed E-state index contributed by atoms with van der Waals surface area (Å²) in [7, 11) is 0. The third-order valence-corrected chi connectivity index (χ3v) is 3.45. The maximum absolute atomic E-state index is 11.7. The van der Waals surface area contributed by atoms with Crippen LogP contribution >= 0.6 is 0 Å². The Bertz CT molecular complexity index is 675. The van der Waals surface area contributed by atoms with Gasteiger partial charge in [0.1, 0.15) is 5.82 Å². The SMILES string of the molecule is Cc1cncc(N2CC(Cn3nc(C)ccc3=O)C2)n1. The molecule has 1 fully saturated rings. The normalized spacial score (nSPS) is 15.2. The average Bonchev–Trinajstić information content (AvgIpc) is 2.37. The summed E-state index contributed by atoms with van der Waals surface area (Å²) in [5.41, 5.74) is 1.75. The predicted molar refractivity (Wildman–Crippen MR) is 75.7 cm³/mol. The highest BCUT2D eigenvalue weighted by Crippen LogP contribution is 2.22. The Morgan fingerprint density at radius 3 is 2.75 bits per heavy atom. The van der Waals surface area contributed by atoms with E-state index in [9.17, 15) is 4.79 Å². The van der Waals surface area contributed by atoms with Crippen LogP contribution in [0, 0.1) is 19.8 Å². The van der Waals surface area contributed by atoms with Crippen LogP contribution in [0.5, 0.6) is 0 Å². The maximum Gasteiger partial charge on any atom is 0.266 e. The molecule has 2 aromatic rings. The molecule has 1 aliphatic rings. The van der Waals surface area contributed by atoms with E-state index >= 15 is 0 Å². The maximum atomic E-state index is 11.7. The van der Waals surface area contributed by atoms with Crippen LogP contribution in [-0.4, -0.2) is 32.8 Å². The molecule has 1 saturated heterocycles. The van der Waals surface area contributed by atoms with Crippen molar-refractivity contribution in [2.75, 3.05) is 18.0 Å². The van der Waals surface area contributed by atoms with E-state index in [0.717, 1.165) is 30.3 Å². The second kappa shape index (κ2) is 5.03. The van der Waals surface area contributed by atoms with E-state index < -0.39 is 0 Å². The van der Waals surface area contributed by atoms with Gasteiger partial charge in [-0.05, 0) is 19.9 Å². The molecule has 3 rings (SSSR count). The lowest BCUT2D eigenvalue weighted by molar-refractivity contribution is 0.331. The number of aromatic nitrogens is 4. The molecular formula is C14H17N5O. The molecule has 0 saturated carbocycles. The van der Waals surface area contributed by atoms with Crippen LogP contribution in [0.15, 0.2) is 29.3 Å². The number of hydrogen-bond donors (Lipinski definition) is 0. The predicted octanol–water partition coefficient (Wildman–Crippen LogP) is 0.787. The first-order chi connectivity index (χ1) is 9.61. The third kappa shape index (κ3) is 2.54. The van der Waals surface area contributed by atoms with Crippen LogP contribution < -0.4 is 10.5 Å². The van der Waals surface area contributed by atoms with E-state index in [1.54, 1.807) is 29.2 Å². The third-order valence-electron chi connectivity index (χ3n) is 3.45. The molecule has 1 aliphatic heterocycles. The van der Waals surface area contributed by atoms with E-state index in [-0.39, 0.29) is 5.56 Å². The summed E-state index contributed by atoms with van der Waals surface area (Å²) in [5, 5.41) is 4.26. The van der Waals surface area contributed by atoms with Crippen molar-refractivity contribution in [3.05, 3.63) is 46.3 Å². The van der Waals surface area contributed by atoms with Crippen molar-refractivity contribution in [1.82, 2.24) is 19.7 Å². The van der Waals surface area contributed by atoms with Gasteiger partial charge in [0.05, 0.1) is 24.1 Å². The molecule has 0 aromatic carbocycles. The number of nitrogens with zero attached hydrogens (tertiary/aromatic N) is 5. The van der Waals surface area contributed by atoms with Gasteiger partial charge in [-0.3, -0.25) is 9.78 Å². The second-order valence-electron chi connectivity index (χ2n) is 5.28. The molecule has 6 heteroatoms. The summed E-state index contributed by atoms with van der Waals surface area (Å²) in [4.78, 5) is 22.5. The Hall–Kier alpha value is -2.24. The monoisotopic (exact) mass is 271 g/mol. The molecule has 0 N–H and O–H groups in total. The molecular weight excluding hydrogens is 254 g/mol. The molecule has 2 aromatic heterocycles. The molecule has 6 nitrogen and oxygen atoms in total. The van der Waals surface area contributed by atoms with Crippen molar-refractivity contribution in [2.24, 2.45) is 5.92 Å². The van der Waals surface area contributed by atoms with Gasteiger partial charge in [-0.25, -0.2) is 9.67 Å².